The van der Waals surface area contributed by atoms with Crippen LogP contribution in [0.1, 0.15) is 29.4 Å². The maximum atomic E-state index is 12.6. The van der Waals surface area contributed by atoms with Gasteiger partial charge in [-0.3, -0.25) is 4.79 Å². The molecule has 31 heavy (non-hydrogen) atoms. The van der Waals surface area contributed by atoms with Crippen molar-refractivity contribution in [2.75, 3.05) is 24.8 Å². The quantitative estimate of drug-likeness (QED) is 0.452. The van der Waals surface area contributed by atoms with Crippen LogP contribution in [0, 0.1) is 6.92 Å². The number of methoxy groups -OCH3 is 1. The zero-order valence-corrected chi connectivity index (χ0v) is 19.2. The molecule has 1 aromatic heterocycles. The molecule has 0 aliphatic rings. The smallest absolute Gasteiger partial charge is 0.234 e. The number of rotatable bonds is 11. The molecular weight excluding hydrogens is 408 g/mol. The van der Waals surface area contributed by atoms with E-state index in [1.807, 2.05) is 37.3 Å². The molecule has 0 saturated carbocycles. The molecular formula is C24H30N4O2S. The lowest BCUT2D eigenvalue weighted by Gasteiger charge is -2.13. The summed E-state index contributed by atoms with van der Waals surface area (Å²) in [6.07, 6.45) is 2.56. The van der Waals surface area contributed by atoms with Crippen molar-refractivity contribution >= 4 is 23.4 Å². The maximum Gasteiger partial charge on any atom is 0.234 e. The average molecular weight is 439 g/mol. The fourth-order valence-electron chi connectivity index (χ4n) is 3.43. The van der Waals surface area contributed by atoms with Crippen LogP contribution in [0.2, 0.25) is 0 Å². The van der Waals surface area contributed by atoms with Crippen LogP contribution in [0.5, 0.6) is 0 Å². The first-order chi connectivity index (χ1) is 15.1. The Kier molecular flexibility index (Phi) is 8.67. The lowest BCUT2D eigenvalue weighted by Crippen LogP contribution is -2.17. The second-order valence-corrected chi connectivity index (χ2v) is 8.27. The number of carbonyl (C=O) groups excluding carboxylic acids is 1. The summed E-state index contributed by atoms with van der Waals surface area (Å²) in [5.41, 5.74) is 4.40. The van der Waals surface area contributed by atoms with Crippen molar-refractivity contribution in [2.24, 2.45) is 0 Å². The van der Waals surface area contributed by atoms with Crippen LogP contribution in [0.15, 0.2) is 53.7 Å². The highest BCUT2D eigenvalue weighted by Gasteiger charge is 2.15. The topological polar surface area (TPSA) is 69.0 Å². The van der Waals surface area contributed by atoms with Gasteiger partial charge in [-0.1, -0.05) is 67.2 Å². The Hall–Kier alpha value is -2.64. The van der Waals surface area contributed by atoms with Gasteiger partial charge in [0.05, 0.1) is 12.4 Å². The fraction of sp³-hybridized carbons (Fsp3) is 0.375. The molecule has 0 bridgehead atoms. The summed E-state index contributed by atoms with van der Waals surface area (Å²) in [6, 6.07) is 16.4. The minimum atomic E-state index is -0.0406. The molecule has 6 nitrogen and oxygen atoms in total. The number of aryl methyl sites for hydroxylation is 4. The molecule has 0 saturated heterocycles. The molecule has 0 unspecified atom stereocenters. The molecule has 2 aromatic carbocycles. The molecule has 1 N–H and O–H groups in total. The number of nitrogens with one attached hydrogen (secondary N) is 1. The van der Waals surface area contributed by atoms with Gasteiger partial charge in [-0.25, -0.2) is 0 Å². The average Bonchev–Trinajstić information content (AvgIpc) is 3.18. The Bertz CT molecular complexity index is 988. The van der Waals surface area contributed by atoms with Crippen molar-refractivity contribution in [2.45, 2.75) is 44.8 Å². The van der Waals surface area contributed by atoms with Crippen molar-refractivity contribution < 1.29 is 9.53 Å². The first-order valence-corrected chi connectivity index (χ1v) is 11.6. The van der Waals surface area contributed by atoms with Crippen LogP contribution in [0.25, 0.3) is 0 Å². The maximum absolute atomic E-state index is 12.6. The first kappa shape index (κ1) is 23.0. The van der Waals surface area contributed by atoms with Gasteiger partial charge < -0.3 is 14.6 Å². The standard InChI is InChI=1S/C24H30N4O2S/c1-4-20-12-8-9-18(2)23(20)25-22(29)17-31-24-27-26-21(28(24)15-16-30-3)14-13-19-10-6-5-7-11-19/h5-12H,4,13-17H2,1-3H3,(H,25,29). The summed E-state index contributed by atoms with van der Waals surface area (Å²) < 4.78 is 7.33. The number of ether oxygens (including phenoxy) is 1. The molecule has 0 atom stereocenters. The SMILES string of the molecule is CCc1cccc(C)c1NC(=O)CSc1nnc(CCc2ccccc2)n1CCOC. The fourth-order valence-corrected chi connectivity index (χ4v) is 4.21. The Morgan fingerprint density at radius 2 is 1.90 bits per heavy atom. The molecule has 0 fully saturated rings. The summed E-state index contributed by atoms with van der Waals surface area (Å²) in [5.74, 6) is 1.15. The number of hydrogen-bond acceptors (Lipinski definition) is 5. The Morgan fingerprint density at radius 1 is 1.10 bits per heavy atom. The van der Waals surface area contributed by atoms with Gasteiger partial charge in [0.25, 0.3) is 0 Å². The van der Waals surface area contributed by atoms with Crippen molar-refractivity contribution in [3.05, 3.63) is 71.0 Å². The molecule has 164 valence electrons. The Morgan fingerprint density at radius 3 is 2.65 bits per heavy atom. The second-order valence-electron chi connectivity index (χ2n) is 7.33. The van der Waals surface area contributed by atoms with Crippen LogP contribution in [0.4, 0.5) is 5.69 Å². The van der Waals surface area contributed by atoms with E-state index in [-0.39, 0.29) is 11.7 Å². The molecule has 0 spiro atoms. The van der Waals surface area contributed by atoms with Crippen molar-refractivity contribution in [1.82, 2.24) is 14.8 Å². The summed E-state index contributed by atoms with van der Waals surface area (Å²) in [5, 5.41) is 12.6. The number of hydrogen-bond donors (Lipinski definition) is 1. The number of anilines is 1. The van der Waals surface area contributed by atoms with Gasteiger partial charge in [-0.2, -0.15) is 0 Å². The number of aromatic nitrogens is 3. The molecule has 3 aromatic rings. The number of benzene rings is 2. The summed E-state index contributed by atoms with van der Waals surface area (Å²) in [7, 11) is 1.68. The second kappa shape index (κ2) is 11.7. The normalized spacial score (nSPS) is 10.9. The van der Waals surface area contributed by atoms with Gasteiger partial charge in [0, 0.05) is 25.8 Å². The van der Waals surface area contributed by atoms with E-state index in [2.05, 4.69) is 45.2 Å². The summed E-state index contributed by atoms with van der Waals surface area (Å²) >= 11 is 1.41. The molecule has 0 aliphatic carbocycles. The Labute approximate surface area is 188 Å². The van der Waals surface area contributed by atoms with Crippen LogP contribution in [0.3, 0.4) is 0 Å². The molecule has 0 aliphatic heterocycles. The molecule has 1 heterocycles. The molecule has 3 rings (SSSR count). The van der Waals surface area contributed by atoms with Crippen LogP contribution in [-0.4, -0.2) is 40.1 Å². The third-order valence-electron chi connectivity index (χ3n) is 5.13. The minimum absolute atomic E-state index is 0.0406. The zero-order valence-electron chi connectivity index (χ0n) is 18.4. The summed E-state index contributed by atoms with van der Waals surface area (Å²) in [6.45, 7) is 5.34. The summed E-state index contributed by atoms with van der Waals surface area (Å²) in [4.78, 5) is 12.6. The largest absolute Gasteiger partial charge is 0.383 e. The van der Waals surface area contributed by atoms with Gasteiger partial charge in [0.2, 0.25) is 5.91 Å². The predicted molar refractivity (Wildman–Crippen MR) is 126 cm³/mol. The lowest BCUT2D eigenvalue weighted by atomic mass is 10.1. The van der Waals surface area contributed by atoms with Crippen LogP contribution >= 0.6 is 11.8 Å². The van der Waals surface area contributed by atoms with Crippen LogP contribution < -0.4 is 5.32 Å². The molecule has 7 heteroatoms. The number of amides is 1. The van der Waals surface area contributed by atoms with E-state index in [1.54, 1.807) is 7.11 Å². The number of nitrogens with zero attached hydrogens (tertiary/aromatic N) is 3. The van der Waals surface area contributed by atoms with E-state index >= 15 is 0 Å². The van der Waals surface area contributed by atoms with E-state index in [0.29, 0.717) is 13.2 Å². The third kappa shape index (κ3) is 6.42. The van der Waals surface area contributed by atoms with Crippen molar-refractivity contribution in [1.29, 1.82) is 0 Å². The highest BCUT2D eigenvalue weighted by atomic mass is 32.2. The predicted octanol–water partition coefficient (Wildman–Crippen LogP) is 4.31. The molecule has 0 radical (unpaired) electrons. The van der Waals surface area contributed by atoms with Crippen molar-refractivity contribution in [3.8, 4) is 0 Å². The minimum Gasteiger partial charge on any atom is -0.383 e. The van der Waals surface area contributed by atoms with E-state index < -0.39 is 0 Å². The van der Waals surface area contributed by atoms with E-state index in [9.17, 15) is 4.79 Å². The zero-order chi connectivity index (χ0) is 22.1. The highest BCUT2D eigenvalue weighted by Crippen LogP contribution is 2.23. The first-order valence-electron chi connectivity index (χ1n) is 10.6. The highest BCUT2D eigenvalue weighted by molar-refractivity contribution is 7.99. The van der Waals surface area contributed by atoms with Gasteiger partial charge in [-0.15, -0.1) is 10.2 Å². The number of carbonyl (C=O) groups is 1. The monoisotopic (exact) mass is 438 g/mol. The third-order valence-corrected chi connectivity index (χ3v) is 6.10. The van der Waals surface area contributed by atoms with Gasteiger partial charge in [-0.05, 0) is 36.5 Å². The number of thioether (sulfide) groups is 1. The van der Waals surface area contributed by atoms with Crippen LogP contribution in [-0.2, 0) is 35.3 Å². The van der Waals surface area contributed by atoms with E-state index in [0.717, 1.165) is 47.1 Å². The van der Waals surface area contributed by atoms with Gasteiger partial charge in [0.1, 0.15) is 5.82 Å². The number of para-hydroxylation sites is 1. The van der Waals surface area contributed by atoms with Crippen molar-refractivity contribution in [3.63, 3.8) is 0 Å². The van der Waals surface area contributed by atoms with E-state index in [1.165, 1.54) is 17.3 Å². The lowest BCUT2D eigenvalue weighted by molar-refractivity contribution is -0.113. The van der Waals surface area contributed by atoms with Gasteiger partial charge >= 0.3 is 0 Å². The molecule has 1 amide bonds. The van der Waals surface area contributed by atoms with E-state index in [4.69, 9.17) is 4.74 Å². The van der Waals surface area contributed by atoms with Gasteiger partial charge in [0.15, 0.2) is 5.16 Å². The Balaban J connectivity index is 1.65.